The van der Waals surface area contributed by atoms with Gasteiger partial charge >= 0.3 is 0 Å². The Morgan fingerprint density at radius 2 is 1.46 bits per heavy atom. The third-order valence-corrected chi connectivity index (χ3v) is 8.41. The van der Waals surface area contributed by atoms with Crippen LogP contribution in [0.2, 0.25) is 0 Å². The number of piperidine rings is 1. The fourth-order valence-electron chi connectivity index (χ4n) is 5.01. The molecule has 2 saturated heterocycles. The molecule has 9 heteroatoms. The first-order chi connectivity index (χ1) is 17.5. The maximum Gasteiger partial charge on any atom is 0.253 e. The maximum atomic E-state index is 13.9. The molecule has 0 N–H and O–H groups in total. The standard InChI is InChI=1S/C28H38FN3O4S/c1-28(2,29)21-30-14-12-22(13-15-30)20-36-26-10-8-24(9-11-26)23-4-6-25(7-5-23)27(33)31-16-18-32(19-17-31)37(3,34)35/h4-11,22H,12-21H2,1-3H3. The number of piperazine rings is 1. The Morgan fingerprint density at radius 1 is 0.919 bits per heavy atom. The number of carbonyl (C=O) groups excluding carboxylic acids is 1. The maximum absolute atomic E-state index is 13.9. The number of nitrogens with zero attached hydrogens (tertiary/aromatic N) is 3. The molecule has 0 atom stereocenters. The van der Waals surface area contributed by atoms with E-state index in [1.165, 1.54) is 10.6 Å². The van der Waals surface area contributed by atoms with Crippen LogP contribution < -0.4 is 4.74 Å². The average Bonchev–Trinajstić information content (AvgIpc) is 2.87. The number of sulfonamides is 1. The molecule has 2 aromatic rings. The lowest BCUT2D eigenvalue weighted by Crippen LogP contribution is -2.50. The number of halogens is 1. The smallest absolute Gasteiger partial charge is 0.253 e. The molecule has 1 amide bonds. The predicted octanol–water partition coefficient (Wildman–Crippen LogP) is 3.91. The molecule has 2 aliphatic heterocycles. The summed E-state index contributed by atoms with van der Waals surface area (Å²) in [5.74, 6) is 1.23. The van der Waals surface area contributed by atoms with Crippen molar-refractivity contribution in [3.8, 4) is 16.9 Å². The highest BCUT2D eigenvalue weighted by atomic mass is 32.2. The van der Waals surface area contributed by atoms with Crippen molar-refractivity contribution in [3.05, 3.63) is 54.1 Å². The van der Waals surface area contributed by atoms with E-state index in [1.54, 1.807) is 18.7 Å². The molecule has 2 aromatic carbocycles. The summed E-state index contributed by atoms with van der Waals surface area (Å²) in [7, 11) is -3.22. The molecule has 0 spiro atoms. The van der Waals surface area contributed by atoms with E-state index in [0.717, 1.165) is 42.8 Å². The van der Waals surface area contributed by atoms with Gasteiger partial charge in [0, 0.05) is 38.3 Å². The fourth-order valence-corrected chi connectivity index (χ4v) is 5.84. The Morgan fingerprint density at radius 3 is 1.97 bits per heavy atom. The number of likely N-dealkylation sites (tertiary alicyclic amines) is 1. The van der Waals surface area contributed by atoms with Gasteiger partial charge in [0.15, 0.2) is 0 Å². The molecule has 7 nitrogen and oxygen atoms in total. The van der Waals surface area contributed by atoms with Gasteiger partial charge in [-0.25, -0.2) is 12.8 Å². The first-order valence-corrected chi connectivity index (χ1v) is 14.8. The Balaban J connectivity index is 1.25. The van der Waals surface area contributed by atoms with E-state index < -0.39 is 15.7 Å². The lowest BCUT2D eigenvalue weighted by molar-refractivity contribution is 0.0698. The highest BCUT2D eigenvalue weighted by Gasteiger charge is 2.27. The van der Waals surface area contributed by atoms with Crippen LogP contribution in [0.25, 0.3) is 11.1 Å². The zero-order valence-electron chi connectivity index (χ0n) is 22.0. The van der Waals surface area contributed by atoms with E-state index in [4.69, 9.17) is 4.74 Å². The van der Waals surface area contributed by atoms with Gasteiger partial charge in [-0.05, 0) is 81.1 Å². The summed E-state index contributed by atoms with van der Waals surface area (Å²) in [5.41, 5.74) is 1.49. The summed E-state index contributed by atoms with van der Waals surface area (Å²) >= 11 is 0. The third kappa shape index (κ3) is 7.75. The second kappa shape index (κ2) is 11.5. The SMILES string of the molecule is CC(C)(F)CN1CCC(COc2ccc(-c3ccc(C(=O)N4CCN(S(C)(=O)=O)CC4)cc3)cc2)CC1. The van der Waals surface area contributed by atoms with E-state index in [-0.39, 0.29) is 5.91 Å². The summed E-state index contributed by atoms with van der Waals surface area (Å²) in [5, 5.41) is 0. The Kier molecular flexibility index (Phi) is 8.56. The Bertz CT molecular complexity index is 1150. The van der Waals surface area contributed by atoms with Crippen LogP contribution >= 0.6 is 0 Å². The number of amides is 1. The molecule has 2 fully saturated rings. The second-order valence-corrected chi connectivity index (χ2v) is 12.8. The van der Waals surface area contributed by atoms with Crippen LogP contribution in [0.1, 0.15) is 37.0 Å². The van der Waals surface area contributed by atoms with E-state index in [1.807, 2.05) is 48.5 Å². The van der Waals surface area contributed by atoms with Crippen molar-refractivity contribution in [2.24, 2.45) is 5.92 Å². The van der Waals surface area contributed by atoms with Crippen molar-refractivity contribution in [2.75, 3.05) is 58.7 Å². The molecule has 4 rings (SSSR count). The normalized spacial score (nSPS) is 18.6. The number of hydrogen-bond donors (Lipinski definition) is 0. The lowest BCUT2D eigenvalue weighted by atomic mass is 9.97. The van der Waals surface area contributed by atoms with E-state index in [9.17, 15) is 17.6 Å². The number of hydrogen-bond acceptors (Lipinski definition) is 5. The van der Waals surface area contributed by atoms with E-state index in [2.05, 4.69) is 4.90 Å². The van der Waals surface area contributed by atoms with Crippen LogP contribution in [0, 0.1) is 5.92 Å². The summed E-state index contributed by atoms with van der Waals surface area (Å²) in [4.78, 5) is 16.8. The minimum absolute atomic E-state index is 0.0808. The van der Waals surface area contributed by atoms with Gasteiger partial charge in [0.05, 0.1) is 12.9 Å². The third-order valence-electron chi connectivity index (χ3n) is 7.11. The van der Waals surface area contributed by atoms with Crippen LogP contribution in [-0.4, -0.2) is 92.8 Å². The molecule has 0 saturated carbocycles. The first kappa shape index (κ1) is 27.5. The van der Waals surface area contributed by atoms with Gasteiger partial charge in [0.2, 0.25) is 10.0 Å². The second-order valence-electron chi connectivity index (χ2n) is 10.8. The van der Waals surface area contributed by atoms with Gasteiger partial charge in [-0.15, -0.1) is 0 Å². The van der Waals surface area contributed by atoms with Crippen LogP contribution in [0.4, 0.5) is 4.39 Å². The molecular formula is C28H38FN3O4S. The number of carbonyl (C=O) groups is 1. The van der Waals surface area contributed by atoms with Gasteiger partial charge in [-0.1, -0.05) is 24.3 Å². The molecule has 202 valence electrons. The quantitative estimate of drug-likeness (QED) is 0.517. The van der Waals surface area contributed by atoms with Crippen LogP contribution in [-0.2, 0) is 10.0 Å². The summed E-state index contributed by atoms with van der Waals surface area (Å²) in [6, 6.07) is 15.5. The predicted molar refractivity (Wildman–Crippen MR) is 144 cm³/mol. The molecule has 2 heterocycles. The zero-order chi connectivity index (χ0) is 26.6. The first-order valence-electron chi connectivity index (χ1n) is 13.0. The highest BCUT2D eigenvalue weighted by Crippen LogP contribution is 2.25. The number of benzene rings is 2. The highest BCUT2D eigenvalue weighted by molar-refractivity contribution is 7.88. The fraction of sp³-hybridized carbons (Fsp3) is 0.536. The lowest BCUT2D eigenvalue weighted by Gasteiger charge is -2.34. The number of rotatable bonds is 8. The van der Waals surface area contributed by atoms with Crippen molar-refractivity contribution in [3.63, 3.8) is 0 Å². The molecule has 0 unspecified atom stereocenters. The Labute approximate surface area is 220 Å². The molecule has 2 aliphatic rings. The number of ether oxygens (including phenoxy) is 1. The monoisotopic (exact) mass is 531 g/mol. The van der Waals surface area contributed by atoms with Crippen molar-refractivity contribution in [1.29, 1.82) is 0 Å². The molecule has 37 heavy (non-hydrogen) atoms. The van der Waals surface area contributed by atoms with E-state index in [0.29, 0.717) is 50.8 Å². The molecule has 0 bridgehead atoms. The largest absolute Gasteiger partial charge is 0.493 e. The van der Waals surface area contributed by atoms with Crippen molar-refractivity contribution in [2.45, 2.75) is 32.4 Å². The minimum atomic E-state index is -3.22. The number of alkyl halides is 1. The minimum Gasteiger partial charge on any atom is -0.493 e. The molecule has 0 aromatic heterocycles. The van der Waals surface area contributed by atoms with Gasteiger partial charge < -0.3 is 14.5 Å². The average molecular weight is 532 g/mol. The summed E-state index contributed by atoms with van der Waals surface area (Å²) in [6.07, 6.45) is 3.24. The molecule has 0 aliphatic carbocycles. The van der Waals surface area contributed by atoms with Gasteiger partial charge in [0.25, 0.3) is 5.91 Å². The van der Waals surface area contributed by atoms with Crippen LogP contribution in [0.5, 0.6) is 5.75 Å². The van der Waals surface area contributed by atoms with Gasteiger partial charge in [0.1, 0.15) is 11.4 Å². The van der Waals surface area contributed by atoms with Gasteiger partial charge in [-0.2, -0.15) is 4.31 Å². The summed E-state index contributed by atoms with van der Waals surface area (Å²) < 4.78 is 44.7. The zero-order valence-corrected chi connectivity index (χ0v) is 22.8. The molecular weight excluding hydrogens is 493 g/mol. The Hall–Kier alpha value is -2.49. The van der Waals surface area contributed by atoms with Gasteiger partial charge in [-0.3, -0.25) is 4.79 Å². The molecule has 0 radical (unpaired) electrons. The summed E-state index contributed by atoms with van der Waals surface area (Å²) in [6.45, 7) is 7.68. The topological polar surface area (TPSA) is 70.2 Å². The van der Waals surface area contributed by atoms with Crippen LogP contribution in [0.15, 0.2) is 48.5 Å². The van der Waals surface area contributed by atoms with Crippen molar-refractivity contribution in [1.82, 2.24) is 14.1 Å². The van der Waals surface area contributed by atoms with Crippen molar-refractivity contribution >= 4 is 15.9 Å². The van der Waals surface area contributed by atoms with E-state index >= 15 is 0 Å². The van der Waals surface area contributed by atoms with Crippen molar-refractivity contribution < 1.29 is 22.3 Å². The van der Waals surface area contributed by atoms with Crippen LogP contribution in [0.3, 0.4) is 0 Å².